The van der Waals surface area contributed by atoms with Gasteiger partial charge in [-0.25, -0.2) is 0 Å². The number of aryl methyl sites for hydroxylation is 3. The van der Waals surface area contributed by atoms with E-state index in [0.29, 0.717) is 11.2 Å². The maximum Gasteiger partial charge on any atom is 0.115 e. The van der Waals surface area contributed by atoms with Gasteiger partial charge in [-0.2, -0.15) is 0 Å². The summed E-state index contributed by atoms with van der Waals surface area (Å²) in [5.74, 6) is 0.359. The second kappa shape index (κ2) is 4.97. The number of benzene rings is 2. The van der Waals surface area contributed by atoms with Crippen LogP contribution in [0.3, 0.4) is 0 Å². The first kappa shape index (κ1) is 13.2. The van der Waals surface area contributed by atoms with Gasteiger partial charge in [0.15, 0.2) is 0 Å². The zero-order chi connectivity index (χ0) is 14.2. The van der Waals surface area contributed by atoms with Gasteiger partial charge in [0.2, 0.25) is 0 Å². The molecule has 1 heteroatoms. The molecule has 3 rings (SSSR count). The molecular weight excluding hydrogens is 244 g/mol. The smallest absolute Gasteiger partial charge is 0.115 e. The van der Waals surface area contributed by atoms with Crippen LogP contribution < -0.4 is 0 Å². The van der Waals surface area contributed by atoms with Gasteiger partial charge in [-0.15, -0.1) is 0 Å². The number of phenolic OH excluding ortho intramolecular Hbond substituents is 1. The molecule has 0 spiro atoms. The Labute approximate surface area is 121 Å². The Balaban J connectivity index is 1.76. The van der Waals surface area contributed by atoms with Crippen LogP contribution in [0.1, 0.15) is 42.5 Å². The topological polar surface area (TPSA) is 20.2 Å². The van der Waals surface area contributed by atoms with Crippen LogP contribution >= 0.6 is 0 Å². The molecule has 0 aliphatic heterocycles. The highest BCUT2D eigenvalue weighted by atomic mass is 16.3. The molecule has 2 aromatic rings. The van der Waals surface area contributed by atoms with Crippen molar-refractivity contribution in [1.82, 2.24) is 0 Å². The van der Waals surface area contributed by atoms with Crippen LogP contribution in [0.4, 0.5) is 0 Å². The van der Waals surface area contributed by atoms with Crippen LogP contribution in [0.15, 0.2) is 42.5 Å². The van der Waals surface area contributed by atoms with E-state index in [2.05, 4.69) is 38.1 Å². The van der Waals surface area contributed by atoms with E-state index < -0.39 is 0 Å². The molecule has 0 radical (unpaired) electrons. The summed E-state index contributed by atoms with van der Waals surface area (Å²) in [6, 6.07) is 14.5. The van der Waals surface area contributed by atoms with Crippen LogP contribution in [-0.2, 0) is 24.7 Å². The average Bonchev–Trinajstić information content (AvgIpc) is 2.72. The lowest BCUT2D eigenvalue weighted by atomic mass is 9.85. The highest BCUT2D eigenvalue weighted by Gasteiger charge is 2.29. The standard InChI is InChI=1S/C19H22O/c1-19(2)11-10-16-9-8-15(13-18(16)19)7-6-14-4-3-5-17(20)12-14/h3-5,8-9,12-13,20H,6-7,10-11H2,1-2H3. The lowest BCUT2D eigenvalue weighted by Crippen LogP contribution is -2.12. The summed E-state index contributed by atoms with van der Waals surface area (Å²) >= 11 is 0. The van der Waals surface area contributed by atoms with E-state index >= 15 is 0 Å². The van der Waals surface area contributed by atoms with Gasteiger partial charge in [0, 0.05) is 0 Å². The van der Waals surface area contributed by atoms with Gasteiger partial charge in [0.05, 0.1) is 0 Å². The molecule has 0 saturated heterocycles. The largest absolute Gasteiger partial charge is 0.508 e. The third-order valence-corrected chi connectivity index (χ3v) is 4.54. The predicted molar refractivity (Wildman–Crippen MR) is 83.3 cm³/mol. The molecule has 0 unspecified atom stereocenters. The third kappa shape index (κ3) is 2.58. The van der Waals surface area contributed by atoms with Gasteiger partial charge < -0.3 is 5.11 Å². The maximum atomic E-state index is 9.51. The van der Waals surface area contributed by atoms with Gasteiger partial charge in [0.1, 0.15) is 5.75 Å². The molecule has 2 aromatic carbocycles. The van der Waals surface area contributed by atoms with Crippen molar-refractivity contribution in [2.45, 2.75) is 44.9 Å². The van der Waals surface area contributed by atoms with Crippen molar-refractivity contribution in [3.63, 3.8) is 0 Å². The second-order valence-corrected chi connectivity index (χ2v) is 6.55. The summed E-state index contributed by atoms with van der Waals surface area (Å²) in [6.07, 6.45) is 4.49. The highest BCUT2D eigenvalue weighted by molar-refractivity contribution is 5.41. The van der Waals surface area contributed by atoms with Crippen molar-refractivity contribution in [2.75, 3.05) is 0 Å². The minimum Gasteiger partial charge on any atom is -0.508 e. The van der Waals surface area contributed by atoms with Crippen LogP contribution in [0.25, 0.3) is 0 Å². The Morgan fingerprint density at radius 1 is 1.00 bits per heavy atom. The minimum absolute atomic E-state index is 0.330. The summed E-state index contributed by atoms with van der Waals surface area (Å²) in [5.41, 5.74) is 5.99. The fourth-order valence-corrected chi connectivity index (χ4v) is 3.21. The monoisotopic (exact) mass is 266 g/mol. The average molecular weight is 266 g/mol. The lowest BCUT2D eigenvalue weighted by molar-refractivity contribution is 0.474. The van der Waals surface area contributed by atoms with E-state index in [1.165, 1.54) is 35.1 Å². The first-order valence-electron chi connectivity index (χ1n) is 7.45. The van der Waals surface area contributed by atoms with E-state index in [1.54, 1.807) is 6.07 Å². The van der Waals surface area contributed by atoms with Crippen molar-refractivity contribution in [3.8, 4) is 5.75 Å². The predicted octanol–water partition coefficient (Wildman–Crippen LogP) is 4.40. The molecule has 0 heterocycles. The van der Waals surface area contributed by atoms with Gasteiger partial charge >= 0.3 is 0 Å². The number of aromatic hydroxyl groups is 1. The third-order valence-electron chi connectivity index (χ3n) is 4.54. The van der Waals surface area contributed by atoms with E-state index in [4.69, 9.17) is 0 Å². The van der Waals surface area contributed by atoms with Crippen LogP contribution in [-0.4, -0.2) is 5.11 Å². The number of fused-ring (bicyclic) bond motifs is 1. The Morgan fingerprint density at radius 3 is 2.50 bits per heavy atom. The van der Waals surface area contributed by atoms with Crippen molar-refractivity contribution in [3.05, 3.63) is 64.7 Å². The Bertz CT molecular complexity index is 625. The number of hydrogen-bond donors (Lipinski definition) is 1. The van der Waals surface area contributed by atoms with Gasteiger partial charge in [-0.05, 0) is 65.5 Å². The second-order valence-electron chi connectivity index (χ2n) is 6.55. The highest BCUT2D eigenvalue weighted by Crippen LogP contribution is 2.38. The molecule has 0 atom stereocenters. The van der Waals surface area contributed by atoms with E-state index in [1.807, 2.05) is 12.1 Å². The molecule has 20 heavy (non-hydrogen) atoms. The van der Waals surface area contributed by atoms with E-state index in [9.17, 15) is 5.11 Å². The molecule has 0 amide bonds. The van der Waals surface area contributed by atoms with Crippen molar-refractivity contribution in [1.29, 1.82) is 0 Å². The molecule has 1 aliphatic carbocycles. The summed E-state index contributed by atoms with van der Waals surface area (Å²) in [6.45, 7) is 4.69. The van der Waals surface area contributed by atoms with Crippen LogP contribution in [0.2, 0.25) is 0 Å². The Kier molecular flexibility index (Phi) is 3.29. The molecule has 1 aliphatic rings. The van der Waals surface area contributed by atoms with Gasteiger partial charge in [-0.1, -0.05) is 44.2 Å². The van der Waals surface area contributed by atoms with E-state index in [-0.39, 0.29) is 0 Å². The Morgan fingerprint density at radius 2 is 1.75 bits per heavy atom. The fraction of sp³-hybridized carbons (Fsp3) is 0.368. The van der Waals surface area contributed by atoms with Gasteiger partial charge in [-0.3, -0.25) is 0 Å². The van der Waals surface area contributed by atoms with E-state index in [0.717, 1.165) is 12.8 Å². The van der Waals surface area contributed by atoms with Crippen molar-refractivity contribution < 1.29 is 5.11 Å². The summed E-state index contributed by atoms with van der Waals surface area (Å²) in [4.78, 5) is 0. The molecule has 0 saturated carbocycles. The maximum absolute atomic E-state index is 9.51. The molecule has 0 fully saturated rings. The number of rotatable bonds is 3. The summed E-state index contributed by atoms with van der Waals surface area (Å²) < 4.78 is 0. The summed E-state index contributed by atoms with van der Waals surface area (Å²) in [7, 11) is 0. The quantitative estimate of drug-likeness (QED) is 0.873. The zero-order valence-electron chi connectivity index (χ0n) is 12.3. The van der Waals surface area contributed by atoms with Crippen molar-refractivity contribution in [2.24, 2.45) is 0 Å². The zero-order valence-corrected chi connectivity index (χ0v) is 12.3. The van der Waals surface area contributed by atoms with Crippen LogP contribution in [0, 0.1) is 0 Å². The molecule has 1 N–H and O–H groups in total. The molecular formula is C19H22O. The van der Waals surface area contributed by atoms with Crippen molar-refractivity contribution >= 4 is 0 Å². The molecule has 0 aromatic heterocycles. The first-order valence-corrected chi connectivity index (χ1v) is 7.45. The number of phenols is 1. The minimum atomic E-state index is 0.330. The molecule has 104 valence electrons. The molecule has 0 bridgehead atoms. The Hall–Kier alpha value is -1.76. The SMILES string of the molecule is CC1(C)CCc2ccc(CCc3cccc(O)c3)cc21. The molecule has 1 nitrogen and oxygen atoms in total. The number of hydrogen-bond acceptors (Lipinski definition) is 1. The van der Waals surface area contributed by atoms with Crippen LogP contribution in [0.5, 0.6) is 5.75 Å². The fourth-order valence-electron chi connectivity index (χ4n) is 3.21. The summed E-state index contributed by atoms with van der Waals surface area (Å²) in [5, 5.41) is 9.51. The van der Waals surface area contributed by atoms with Gasteiger partial charge in [0.25, 0.3) is 0 Å². The normalized spacial score (nSPS) is 16.1. The lowest BCUT2D eigenvalue weighted by Gasteiger charge is -2.19. The first-order chi connectivity index (χ1) is 9.54.